The van der Waals surface area contributed by atoms with Crippen molar-refractivity contribution in [1.29, 1.82) is 0 Å². The number of primary sulfonamides is 1. The molecular weight excluding hydrogens is 359 g/mol. The molecule has 5 nitrogen and oxygen atoms in total. The fourth-order valence-electron chi connectivity index (χ4n) is 1.94. The van der Waals surface area contributed by atoms with Crippen LogP contribution in [0, 0.1) is 0 Å². The van der Waals surface area contributed by atoms with Gasteiger partial charge in [-0.05, 0) is 48.9 Å². The molecule has 0 fully saturated rings. The Labute approximate surface area is 144 Å². The van der Waals surface area contributed by atoms with Crippen molar-refractivity contribution in [3.8, 4) is 0 Å². The maximum Gasteiger partial charge on any atom is 0.251 e. The van der Waals surface area contributed by atoms with Gasteiger partial charge in [-0.1, -0.05) is 29.3 Å². The Hall–Kier alpha value is -1.60. The van der Waals surface area contributed by atoms with E-state index in [0.717, 1.165) is 5.56 Å². The Morgan fingerprint density at radius 3 is 2.22 bits per heavy atom. The van der Waals surface area contributed by atoms with E-state index >= 15 is 0 Å². The Morgan fingerprint density at radius 2 is 1.70 bits per heavy atom. The van der Waals surface area contributed by atoms with Crippen LogP contribution >= 0.6 is 23.2 Å². The molecule has 8 heteroatoms. The van der Waals surface area contributed by atoms with E-state index in [2.05, 4.69) is 5.32 Å². The first-order chi connectivity index (χ1) is 10.7. The van der Waals surface area contributed by atoms with Crippen LogP contribution in [0.15, 0.2) is 47.4 Å². The maximum absolute atomic E-state index is 12.2. The molecular formula is C15H14Cl2N2O3S. The quantitative estimate of drug-likeness (QED) is 0.863. The molecule has 0 spiro atoms. The average Bonchev–Trinajstić information content (AvgIpc) is 2.49. The van der Waals surface area contributed by atoms with Crippen LogP contribution in [0.2, 0.25) is 10.0 Å². The molecule has 0 aliphatic heterocycles. The van der Waals surface area contributed by atoms with Gasteiger partial charge in [-0.3, -0.25) is 4.79 Å². The molecule has 1 amide bonds. The molecule has 0 unspecified atom stereocenters. The zero-order valence-electron chi connectivity index (χ0n) is 12.1. The van der Waals surface area contributed by atoms with E-state index < -0.39 is 10.0 Å². The highest BCUT2D eigenvalue weighted by molar-refractivity contribution is 7.89. The van der Waals surface area contributed by atoms with Crippen molar-refractivity contribution in [3.05, 3.63) is 63.6 Å². The van der Waals surface area contributed by atoms with Crippen LogP contribution in [0.25, 0.3) is 0 Å². The summed E-state index contributed by atoms with van der Waals surface area (Å²) in [6.07, 6.45) is 0. The van der Waals surface area contributed by atoms with Crippen molar-refractivity contribution < 1.29 is 13.2 Å². The van der Waals surface area contributed by atoms with Crippen LogP contribution in [0.4, 0.5) is 0 Å². The van der Waals surface area contributed by atoms with Crippen molar-refractivity contribution in [2.75, 3.05) is 0 Å². The minimum atomic E-state index is -3.78. The van der Waals surface area contributed by atoms with Gasteiger partial charge in [-0.15, -0.1) is 0 Å². The average molecular weight is 373 g/mol. The number of nitrogens with two attached hydrogens (primary N) is 1. The van der Waals surface area contributed by atoms with Gasteiger partial charge in [0, 0.05) is 5.56 Å². The van der Waals surface area contributed by atoms with E-state index in [1.54, 1.807) is 25.1 Å². The summed E-state index contributed by atoms with van der Waals surface area (Å²) in [6, 6.07) is 10.2. The third-order valence-electron chi connectivity index (χ3n) is 3.24. The zero-order chi connectivity index (χ0) is 17.2. The van der Waals surface area contributed by atoms with Crippen molar-refractivity contribution in [1.82, 2.24) is 5.32 Å². The van der Waals surface area contributed by atoms with E-state index in [0.29, 0.717) is 15.6 Å². The van der Waals surface area contributed by atoms with Gasteiger partial charge in [0.25, 0.3) is 5.91 Å². The second-order valence-electron chi connectivity index (χ2n) is 4.94. The highest BCUT2D eigenvalue weighted by atomic mass is 35.5. The summed E-state index contributed by atoms with van der Waals surface area (Å²) in [6.45, 7) is 1.80. The number of carbonyl (C=O) groups is 1. The van der Waals surface area contributed by atoms with E-state index in [1.165, 1.54) is 24.3 Å². The molecule has 23 heavy (non-hydrogen) atoms. The molecule has 3 N–H and O–H groups in total. The lowest BCUT2D eigenvalue weighted by atomic mass is 10.1. The van der Waals surface area contributed by atoms with E-state index in [9.17, 15) is 13.2 Å². The van der Waals surface area contributed by atoms with Gasteiger partial charge in [-0.2, -0.15) is 0 Å². The van der Waals surface area contributed by atoms with Crippen LogP contribution in [-0.2, 0) is 10.0 Å². The van der Waals surface area contributed by atoms with Crippen LogP contribution in [0.5, 0.6) is 0 Å². The molecule has 2 rings (SSSR count). The van der Waals surface area contributed by atoms with Crippen LogP contribution in [0.1, 0.15) is 28.9 Å². The molecule has 0 aliphatic rings. The van der Waals surface area contributed by atoms with Gasteiger partial charge >= 0.3 is 0 Å². The molecule has 0 radical (unpaired) electrons. The molecule has 122 valence electrons. The lowest BCUT2D eigenvalue weighted by Crippen LogP contribution is -2.26. The summed E-state index contributed by atoms with van der Waals surface area (Å²) in [7, 11) is -3.78. The summed E-state index contributed by atoms with van der Waals surface area (Å²) in [5.41, 5.74) is 1.12. The van der Waals surface area contributed by atoms with E-state index in [1.807, 2.05) is 0 Å². The Kier molecular flexibility index (Phi) is 5.31. The lowest BCUT2D eigenvalue weighted by Gasteiger charge is -2.15. The van der Waals surface area contributed by atoms with E-state index in [4.69, 9.17) is 28.3 Å². The lowest BCUT2D eigenvalue weighted by molar-refractivity contribution is 0.0940. The number of carbonyl (C=O) groups excluding carboxylic acids is 1. The molecule has 2 aromatic rings. The largest absolute Gasteiger partial charge is 0.346 e. The highest BCUT2D eigenvalue weighted by Gasteiger charge is 2.14. The number of nitrogens with one attached hydrogen (secondary N) is 1. The van der Waals surface area contributed by atoms with Gasteiger partial charge < -0.3 is 5.32 Å². The zero-order valence-corrected chi connectivity index (χ0v) is 14.4. The second-order valence-corrected chi connectivity index (χ2v) is 7.31. The third-order valence-corrected chi connectivity index (χ3v) is 4.90. The first kappa shape index (κ1) is 17.7. The van der Waals surface area contributed by atoms with Crippen molar-refractivity contribution >= 4 is 39.1 Å². The van der Waals surface area contributed by atoms with Gasteiger partial charge in [0.05, 0.1) is 21.0 Å². The molecule has 1 atom stereocenters. The summed E-state index contributed by atoms with van der Waals surface area (Å²) < 4.78 is 22.4. The molecule has 0 aromatic heterocycles. The number of rotatable bonds is 4. The van der Waals surface area contributed by atoms with Crippen molar-refractivity contribution in [2.45, 2.75) is 17.9 Å². The summed E-state index contributed by atoms with van der Waals surface area (Å²) >= 11 is 11.8. The minimum Gasteiger partial charge on any atom is -0.346 e. The van der Waals surface area contributed by atoms with Gasteiger partial charge in [0.15, 0.2) is 0 Å². The highest BCUT2D eigenvalue weighted by Crippen LogP contribution is 2.25. The molecule has 0 saturated heterocycles. The monoisotopic (exact) mass is 372 g/mol. The Balaban J connectivity index is 2.13. The molecule has 0 heterocycles. The second kappa shape index (κ2) is 6.88. The van der Waals surface area contributed by atoms with Crippen molar-refractivity contribution in [3.63, 3.8) is 0 Å². The number of sulfonamides is 1. The molecule has 0 bridgehead atoms. The molecule has 2 aromatic carbocycles. The number of amides is 1. The SMILES string of the molecule is C[C@@H](NC(=O)c1ccc(S(N)(=O)=O)cc1)c1ccc(Cl)c(Cl)c1. The molecule has 0 aliphatic carbocycles. The number of halogens is 2. The van der Waals surface area contributed by atoms with Crippen LogP contribution < -0.4 is 10.5 Å². The van der Waals surface area contributed by atoms with E-state index in [-0.39, 0.29) is 16.8 Å². The molecule has 0 saturated carbocycles. The number of hydrogen-bond acceptors (Lipinski definition) is 3. The predicted molar refractivity (Wildman–Crippen MR) is 90.2 cm³/mol. The Bertz CT molecular complexity index is 836. The Morgan fingerprint density at radius 1 is 1.09 bits per heavy atom. The standard InChI is InChI=1S/C15H14Cl2N2O3S/c1-9(11-4-7-13(16)14(17)8-11)19-15(20)10-2-5-12(6-3-10)23(18,21)22/h2-9H,1H3,(H,19,20)(H2,18,21,22)/t9-/m1/s1. The maximum atomic E-state index is 12.2. The number of benzene rings is 2. The minimum absolute atomic E-state index is 0.0495. The topological polar surface area (TPSA) is 89.3 Å². The summed E-state index contributed by atoms with van der Waals surface area (Å²) in [5.74, 6) is -0.343. The van der Waals surface area contributed by atoms with Gasteiger partial charge in [-0.25, -0.2) is 13.6 Å². The summed E-state index contributed by atoms with van der Waals surface area (Å²) in [5, 5.41) is 8.65. The third kappa shape index (κ3) is 4.45. The number of hydrogen-bond donors (Lipinski definition) is 2. The first-order valence-corrected chi connectivity index (χ1v) is 8.87. The fourth-order valence-corrected chi connectivity index (χ4v) is 2.76. The summed E-state index contributed by atoms with van der Waals surface area (Å²) in [4.78, 5) is 12.1. The fraction of sp³-hybridized carbons (Fsp3) is 0.133. The normalized spacial score (nSPS) is 12.7. The predicted octanol–water partition coefficient (Wildman–Crippen LogP) is 3.13. The van der Waals surface area contributed by atoms with Gasteiger partial charge in [0.2, 0.25) is 10.0 Å². The smallest absolute Gasteiger partial charge is 0.251 e. The van der Waals surface area contributed by atoms with Gasteiger partial charge in [0.1, 0.15) is 0 Å². The first-order valence-electron chi connectivity index (χ1n) is 6.57. The van der Waals surface area contributed by atoms with Crippen molar-refractivity contribution in [2.24, 2.45) is 5.14 Å². The van der Waals surface area contributed by atoms with Crippen LogP contribution in [0.3, 0.4) is 0 Å². The van der Waals surface area contributed by atoms with Crippen LogP contribution in [-0.4, -0.2) is 14.3 Å².